The molecule has 0 radical (unpaired) electrons. The Morgan fingerprint density at radius 2 is 2.00 bits per heavy atom. The van der Waals surface area contributed by atoms with Crippen LogP contribution in [0.15, 0.2) is 12.7 Å². The van der Waals surface area contributed by atoms with Gasteiger partial charge in [-0.15, -0.1) is 6.58 Å². The van der Waals surface area contributed by atoms with Crippen molar-refractivity contribution in [2.24, 2.45) is 5.92 Å². The minimum absolute atomic E-state index is 0.0237. The van der Waals surface area contributed by atoms with E-state index in [4.69, 9.17) is 0 Å². The van der Waals surface area contributed by atoms with Gasteiger partial charge in [-0.1, -0.05) is 6.08 Å². The molecule has 0 bridgehead atoms. The number of aliphatic hydroxyl groups is 1. The lowest BCUT2D eigenvalue weighted by Gasteiger charge is -2.25. The lowest BCUT2D eigenvalue weighted by molar-refractivity contribution is 0.108. The van der Waals surface area contributed by atoms with Crippen molar-refractivity contribution in [3.63, 3.8) is 0 Å². The fourth-order valence-electron chi connectivity index (χ4n) is 1.86. The molecule has 0 aromatic rings. The fraction of sp³-hybridized carbons (Fsp3) is 0.818. The fourth-order valence-corrected chi connectivity index (χ4v) is 1.86. The second-order valence-corrected chi connectivity index (χ2v) is 3.96. The molecule has 1 rings (SSSR count). The van der Waals surface area contributed by atoms with Gasteiger partial charge >= 0.3 is 0 Å². The normalized spacial score (nSPS) is 28.7. The molecular formula is C11H21NO. The van der Waals surface area contributed by atoms with Crippen LogP contribution in [0.2, 0.25) is 0 Å². The molecule has 0 unspecified atom stereocenters. The largest absolute Gasteiger partial charge is 0.393 e. The van der Waals surface area contributed by atoms with Crippen LogP contribution in [0.3, 0.4) is 0 Å². The molecule has 0 aliphatic heterocycles. The summed E-state index contributed by atoms with van der Waals surface area (Å²) in [5, 5.41) is 12.7. The Balaban J connectivity index is 1.99. The maximum absolute atomic E-state index is 9.30. The highest BCUT2D eigenvalue weighted by molar-refractivity contribution is 4.74. The molecule has 0 saturated heterocycles. The molecule has 13 heavy (non-hydrogen) atoms. The molecule has 1 fully saturated rings. The summed E-state index contributed by atoms with van der Waals surface area (Å²) in [6.45, 7) is 5.84. The molecule has 0 aromatic carbocycles. The van der Waals surface area contributed by atoms with Gasteiger partial charge in [-0.3, -0.25) is 0 Å². The average Bonchev–Trinajstić information content (AvgIpc) is 2.15. The Labute approximate surface area is 81.0 Å². The molecule has 2 heteroatoms. The highest BCUT2D eigenvalue weighted by Crippen LogP contribution is 2.23. The summed E-state index contributed by atoms with van der Waals surface area (Å²) < 4.78 is 0. The molecular weight excluding hydrogens is 162 g/mol. The Kier molecular flexibility index (Phi) is 5.09. The predicted molar refractivity (Wildman–Crippen MR) is 55.6 cm³/mol. The van der Waals surface area contributed by atoms with E-state index in [1.165, 1.54) is 12.8 Å². The summed E-state index contributed by atoms with van der Waals surface area (Å²) in [5.74, 6) is 0.785. The van der Waals surface area contributed by atoms with Crippen LogP contribution in [0.25, 0.3) is 0 Å². The first-order valence-electron chi connectivity index (χ1n) is 5.32. The van der Waals surface area contributed by atoms with Crippen LogP contribution in [0.1, 0.15) is 32.1 Å². The monoisotopic (exact) mass is 183 g/mol. The molecule has 1 aliphatic rings. The maximum atomic E-state index is 9.30. The van der Waals surface area contributed by atoms with E-state index in [0.29, 0.717) is 0 Å². The molecule has 2 nitrogen and oxygen atoms in total. The minimum Gasteiger partial charge on any atom is -0.393 e. The van der Waals surface area contributed by atoms with Gasteiger partial charge in [0.1, 0.15) is 0 Å². The summed E-state index contributed by atoms with van der Waals surface area (Å²) in [6.07, 6.45) is 7.32. The van der Waals surface area contributed by atoms with E-state index in [2.05, 4.69) is 11.9 Å². The van der Waals surface area contributed by atoms with Crippen LogP contribution < -0.4 is 5.32 Å². The lowest BCUT2D eigenvalue weighted by atomic mass is 9.87. The van der Waals surface area contributed by atoms with Gasteiger partial charge in [-0.25, -0.2) is 0 Å². The lowest BCUT2D eigenvalue weighted by Crippen LogP contribution is -2.28. The zero-order valence-electron chi connectivity index (χ0n) is 8.34. The number of hydrogen-bond acceptors (Lipinski definition) is 2. The summed E-state index contributed by atoms with van der Waals surface area (Å²) in [5.41, 5.74) is 0. The van der Waals surface area contributed by atoms with E-state index < -0.39 is 0 Å². The summed E-state index contributed by atoms with van der Waals surface area (Å²) in [4.78, 5) is 0. The standard InChI is InChI=1S/C11H21NO/c1-2-3-8-12-9-10-4-6-11(13)7-5-10/h2,10-13H,1,3-9H2. The molecule has 0 heterocycles. The van der Waals surface area contributed by atoms with E-state index in [-0.39, 0.29) is 6.10 Å². The summed E-state index contributed by atoms with van der Waals surface area (Å²) >= 11 is 0. The molecule has 0 spiro atoms. The van der Waals surface area contributed by atoms with Crippen LogP contribution in [-0.4, -0.2) is 24.3 Å². The van der Waals surface area contributed by atoms with Crippen molar-refractivity contribution in [1.29, 1.82) is 0 Å². The third-order valence-corrected chi connectivity index (χ3v) is 2.77. The van der Waals surface area contributed by atoms with Gasteiger partial charge in [0.05, 0.1) is 6.10 Å². The highest BCUT2D eigenvalue weighted by Gasteiger charge is 2.18. The minimum atomic E-state index is -0.0237. The van der Waals surface area contributed by atoms with Crippen LogP contribution in [0, 0.1) is 5.92 Å². The number of nitrogens with one attached hydrogen (secondary N) is 1. The van der Waals surface area contributed by atoms with E-state index >= 15 is 0 Å². The summed E-state index contributed by atoms with van der Waals surface area (Å²) in [6, 6.07) is 0. The van der Waals surface area contributed by atoms with Crippen LogP contribution in [0.4, 0.5) is 0 Å². The van der Waals surface area contributed by atoms with Crippen molar-refractivity contribution < 1.29 is 5.11 Å². The molecule has 76 valence electrons. The molecule has 0 atom stereocenters. The van der Waals surface area contributed by atoms with Gasteiger partial charge in [-0.2, -0.15) is 0 Å². The SMILES string of the molecule is C=CCCNCC1CCC(O)CC1. The zero-order chi connectivity index (χ0) is 9.52. The Bertz CT molecular complexity index is 139. The molecule has 1 saturated carbocycles. The number of hydrogen-bond donors (Lipinski definition) is 2. The van der Waals surface area contributed by atoms with Crippen molar-refractivity contribution in [2.75, 3.05) is 13.1 Å². The molecule has 1 aliphatic carbocycles. The Morgan fingerprint density at radius 3 is 2.62 bits per heavy atom. The van der Waals surface area contributed by atoms with Crippen molar-refractivity contribution >= 4 is 0 Å². The highest BCUT2D eigenvalue weighted by atomic mass is 16.3. The van der Waals surface area contributed by atoms with Gasteiger partial charge in [-0.05, 0) is 51.1 Å². The van der Waals surface area contributed by atoms with E-state index in [1.54, 1.807) is 0 Å². The molecule has 0 amide bonds. The van der Waals surface area contributed by atoms with Crippen molar-refractivity contribution in [1.82, 2.24) is 5.32 Å². The second-order valence-electron chi connectivity index (χ2n) is 3.96. The first kappa shape index (κ1) is 10.7. The van der Waals surface area contributed by atoms with Crippen molar-refractivity contribution in [3.8, 4) is 0 Å². The van der Waals surface area contributed by atoms with Gasteiger partial charge in [0.2, 0.25) is 0 Å². The quantitative estimate of drug-likeness (QED) is 0.502. The third-order valence-electron chi connectivity index (χ3n) is 2.77. The number of aliphatic hydroxyl groups excluding tert-OH is 1. The smallest absolute Gasteiger partial charge is 0.0540 e. The molecule has 2 N–H and O–H groups in total. The van der Waals surface area contributed by atoms with Crippen LogP contribution >= 0.6 is 0 Å². The first-order valence-corrected chi connectivity index (χ1v) is 5.32. The van der Waals surface area contributed by atoms with Gasteiger partial charge < -0.3 is 10.4 Å². The zero-order valence-corrected chi connectivity index (χ0v) is 8.34. The summed E-state index contributed by atoms with van der Waals surface area (Å²) in [7, 11) is 0. The van der Waals surface area contributed by atoms with Gasteiger partial charge in [0.25, 0.3) is 0 Å². The van der Waals surface area contributed by atoms with Gasteiger partial charge in [0.15, 0.2) is 0 Å². The van der Waals surface area contributed by atoms with Gasteiger partial charge in [0, 0.05) is 0 Å². The van der Waals surface area contributed by atoms with Crippen LogP contribution in [0.5, 0.6) is 0 Å². The average molecular weight is 183 g/mol. The van der Waals surface area contributed by atoms with E-state index in [1.807, 2.05) is 6.08 Å². The third kappa shape index (κ3) is 4.44. The Hall–Kier alpha value is -0.340. The van der Waals surface area contributed by atoms with Crippen molar-refractivity contribution in [3.05, 3.63) is 12.7 Å². The van der Waals surface area contributed by atoms with Crippen molar-refractivity contribution in [2.45, 2.75) is 38.2 Å². The second kappa shape index (κ2) is 6.17. The first-order chi connectivity index (χ1) is 6.33. The Morgan fingerprint density at radius 1 is 1.31 bits per heavy atom. The number of rotatable bonds is 5. The predicted octanol–water partition coefficient (Wildman–Crippen LogP) is 1.70. The topological polar surface area (TPSA) is 32.3 Å². The van der Waals surface area contributed by atoms with Crippen LogP contribution in [-0.2, 0) is 0 Å². The van der Waals surface area contributed by atoms with E-state index in [9.17, 15) is 5.11 Å². The van der Waals surface area contributed by atoms with E-state index in [0.717, 1.165) is 38.3 Å². The molecule has 0 aromatic heterocycles. The maximum Gasteiger partial charge on any atom is 0.0540 e.